The molecule has 1 aromatic heterocycles. The lowest BCUT2D eigenvalue weighted by Gasteiger charge is -2.26. The van der Waals surface area contributed by atoms with E-state index < -0.39 is 18.5 Å². The van der Waals surface area contributed by atoms with Crippen molar-refractivity contribution in [3.63, 3.8) is 0 Å². The van der Waals surface area contributed by atoms with Crippen molar-refractivity contribution in [1.82, 2.24) is 0 Å². The molecule has 0 atom stereocenters. The van der Waals surface area contributed by atoms with Gasteiger partial charge in [-0.25, -0.2) is 4.79 Å². The van der Waals surface area contributed by atoms with Crippen molar-refractivity contribution in [3.8, 4) is 0 Å². The molecule has 3 rings (SSSR count). The second-order valence-electron chi connectivity index (χ2n) is 7.23. The van der Waals surface area contributed by atoms with Crippen LogP contribution in [0, 0.1) is 6.92 Å². The molecule has 1 N–H and O–H groups in total. The molecule has 3 aromatic rings. The van der Waals surface area contributed by atoms with Crippen LogP contribution in [0.1, 0.15) is 40.3 Å². The van der Waals surface area contributed by atoms with Crippen molar-refractivity contribution in [3.05, 3.63) is 83.8 Å². The first kappa shape index (κ1) is 21.8. The molecule has 1 heterocycles. The van der Waals surface area contributed by atoms with Crippen molar-refractivity contribution in [2.45, 2.75) is 26.8 Å². The number of carbonyl (C=O) groups is 3. The van der Waals surface area contributed by atoms with Crippen LogP contribution in [-0.4, -0.2) is 30.4 Å². The van der Waals surface area contributed by atoms with Gasteiger partial charge in [0, 0.05) is 17.4 Å². The van der Waals surface area contributed by atoms with Gasteiger partial charge in [-0.2, -0.15) is 0 Å². The van der Waals surface area contributed by atoms with Crippen LogP contribution in [0.2, 0.25) is 0 Å². The maximum absolute atomic E-state index is 12.7. The molecule has 0 radical (unpaired) electrons. The summed E-state index contributed by atoms with van der Waals surface area (Å²) in [4.78, 5) is 39.0. The van der Waals surface area contributed by atoms with E-state index in [1.165, 1.54) is 12.3 Å². The first-order valence-electron chi connectivity index (χ1n) is 9.86. The number of rotatable bonds is 7. The monoisotopic (exact) mass is 420 g/mol. The fourth-order valence-electron chi connectivity index (χ4n) is 3.07. The van der Waals surface area contributed by atoms with Crippen LogP contribution < -0.4 is 10.2 Å². The summed E-state index contributed by atoms with van der Waals surface area (Å²) in [6, 6.07) is 17.1. The lowest BCUT2D eigenvalue weighted by atomic mass is 10.1. The van der Waals surface area contributed by atoms with E-state index in [-0.39, 0.29) is 23.3 Å². The van der Waals surface area contributed by atoms with Crippen molar-refractivity contribution in [1.29, 1.82) is 0 Å². The van der Waals surface area contributed by atoms with Gasteiger partial charge in [-0.05, 0) is 62.7 Å². The number of ether oxygens (including phenoxy) is 1. The molecule has 7 heteroatoms. The van der Waals surface area contributed by atoms with Crippen molar-refractivity contribution >= 4 is 29.2 Å². The standard InChI is InChI=1S/C24H24N2O5/c1-16(2)26(19-8-5-4-6-9-19)22(27)15-31-24(29)18-12-11-17(3)20(14-18)25-23(28)21-10-7-13-30-21/h4-14,16H,15H2,1-3H3,(H,25,28). The van der Waals surface area contributed by atoms with Crippen molar-refractivity contribution in [2.75, 3.05) is 16.8 Å². The average molecular weight is 420 g/mol. The summed E-state index contributed by atoms with van der Waals surface area (Å²) < 4.78 is 10.3. The summed E-state index contributed by atoms with van der Waals surface area (Å²) in [7, 11) is 0. The van der Waals surface area contributed by atoms with Crippen LogP contribution in [-0.2, 0) is 9.53 Å². The van der Waals surface area contributed by atoms with E-state index in [4.69, 9.17) is 9.15 Å². The SMILES string of the molecule is Cc1ccc(C(=O)OCC(=O)N(c2ccccc2)C(C)C)cc1NC(=O)c1ccco1. The van der Waals surface area contributed by atoms with Gasteiger partial charge in [-0.3, -0.25) is 9.59 Å². The molecule has 0 saturated heterocycles. The number of anilines is 2. The average Bonchev–Trinajstić information content (AvgIpc) is 3.29. The van der Waals surface area contributed by atoms with Crippen LogP contribution in [0.4, 0.5) is 11.4 Å². The van der Waals surface area contributed by atoms with E-state index in [1.54, 1.807) is 36.1 Å². The van der Waals surface area contributed by atoms with E-state index in [1.807, 2.05) is 44.2 Å². The van der Waals surface area contributed by atoms with Gasteiger partial charge in [0.15, 0.2) is 12.4 Å². The van der Waals surface area contributed by atoms with E-state index in [9.17, 15) is 14.4 Å². The van der Waals surface area contributed by atoms with Gasteiger partial charge in [0.25, 0.3) is 11.8 Å². The molecule has 2 aromatic carbocycles. The number of nitrogens with one attached hydrogen (secondary N) is 1. The highest BCUT2D eigenvalue weighted by Crippen LogP contribution is 2.20. The molecular weight excluding hydrogens is 396 g/mol. The van der Waals surface area contributed by atoms with Crippen LogP contribution >= 0.6 is 0 Å². The normalized spacial score (nSPS) is 10.6. The number of amides is 2. The van der Waals surface area contributed by atoms with Gasteiger partial charge < -0.3 is 19.4 Å². The maximum atomic E-state index is 12.7. The summed E-state index contributed by atoms with van der Waals surface area (Å²) >= 11 is 0. The van der Waals surface area contributed by atoms with Gasteiger partial charge in [0.05, 0.1) is 11.8 Å². The second-order valence-corrected chi connectivity index (χ2v) is 7.23. The molecule has 0 spiro atoms. The predicted molar refractivity (Wildman–Crippen MR) is 117 cm³/mol. The predicted octanol–water partition coefficient (Wildman–Crippen LogP) is 4.44. The highest BCUT2D eigenvalue weighted by Gasteiger charge is 2.21. The maximum Gasteiger partial charge on any atom is 0.338 e. The summed E-state index contributed by atoms with van der Waals surface area (Å²) in [5.41, 5.74) is 2.18. The Morgan fingerprint density at radius 3 is 2.42 bits per heavy atom. The minimum atomic E-state index is -0.654. The van der Waals surface area contributed by atoms with Crippen LogP contribution in [0.5, 0.6) is 0 Å². The summed E-state index contributed by atoms with van der Waals surface area (Å²) in [5, 5.41) is 2.71. The number of benzene rings is 2. The van der Waals surface area contributed by atoms with Crippen LogP contribution in [0.3, 0.4) is 0 Å². The van der Waals surface area contributed by atoms with Crippen molar-refractivity contribution < 1.29 is 23.5 Å². The largest absolute Gasteiger partial charge is 0.459 e. The highest BCUT2D eigenvalue weighted by atomic mass is 16.5. The minimum Gasteiger partial charge on any atom is -0.459 e. The smallest absolute Gasteiger partial charge is 0.338 e. The molecule has 31 heavy (non-hydrogen) atoms. The zero-order valence-electron chi connectivity index (χ0n) is 17.6. The number of hydrogen-bond acceptors (Lipinski definition) is 5. The zero-order valence-corrected chi connectivity index (χ0v) is 17.6. The molecule has 7 nitrogen and oxygen atoms in total. The van der Waals surface area contributed by atoms with Gasteiger partial charge >= 0.3 is 5.97 Å². The summed E-state index contributed by atoms with van der Waals surface area (Å²) in [6.07, 6.45) is 1.41. The Morgan fingerprint density at radius 1 is 1.03 bits per heavy atom. The lowest BCUT2D eigenvalue weighted by molar-refractivity contribution is -0.122. The number of nitrogens with zero attached hydrogens (tertiary/aromatic N) is 1. The molecule has 2 amide bonds. The van der Waals surface area contributed by atoms with Gasteiger partial charge in [-0.15, -0.1) is 0 Å². The molecule has 0 aliphatic heterocycles. The Hall–Kier alpha value is -3.87. The first-order chi connectivity index (χ1) is 14.9. The van der Waals surface area contributed by atoms with Crippen LogP contribution in [0.25, 0.3) is 0 Å². The molecule has 0 fully saturated rings. The van der Waals surface area contributed by atoms with Crippen molar-refractivity contribution in [2.24, 2.45) is 0 Å². The van der Waals surface area contributed by atoms with Gasteiger partial charge in [-0.1, -0.05) is 24.3 Å². The van der Waals surface area contributed by atoms with E-state index >= 15 is 0 Å². The Bertz CT molecular complexity index is 1060. The molecule has 0 saturated carbocycles. The van der Waals surface area contributed by atoms with E-state index in [0.29, 0.717) is 5.69 Å². The number of hydrogen-bond donors (Lipinski definition) is 1. The third-order valence-corrected chi connectivity index (χ3v) is 4.61. The molecule has 0 aliphatic carbocycles. The molecule has 0 aliphatic rings. The van der Waals surface area contributed by atoms with Crippen LogP contribution in [0.15, 0.2) is 71.3 Å². The number of para-hydroxylation sites is 1. The zero-order chi connectivity index (χ0) is 22.4. The quantitative estimate of drug-likeness (QED) is 0.571. The highest BCUT2D eigenvalue weighted by molar-refractivity contribution is 6.03. The Labute approximate surface area is 180 Å². The van der Waals surface area contributed by atoms with Gasteiger partial charge in [0.1, 0.15) is 0 Å². The topological polar surface area (TPSA) is 88.9 Å². The third-order valence-electron chi connectivity index (χ3n) is 4.61. The molecule has 160 valence electrons. The Balaban J connectivity index is 1.67. The number of aryl methyl sites for hydroxylation is 1. The number of carbonyl (C=O) groups excluding carboxylic acids is 3. The van der Waals surface area contributed by atoms with Gasteiger partial charge in [0.2, 0.25) is 0 Å². The molecule has 0 bridgehead atoms. The van der Waals surface area contributed by atoms with E-state index in [0.717, 1.165) is 11.3 Å². The fraction of sp³-hybridized carbons (Fsp3) is 0.208. The number of furan rings is 1. The molecule has 0 unspecified atom stereocenters. The fourth-order valence-corrected chi connectivity index (χ4v) is 3.07. The van der Waals surface area contributed by atoms with E-state index in [2.05, 4.69) is 5.32 Å². The number of esters is 1. The Kier molecular flexibility index (Phi) is 6.87. The molecular formula is C24H24N2O5. The first-order valence-corrected chi connectivity index (χ1v) is 9.86. The summed E-state index contributed by atoms with van der Waals surface area (Å²) in [5.74, 6) is -1.25. The minimum absolute atomic E-state index is 0.101. The summed E-state index contributed by atoms with van der Waals surface area (Å²) in [6.45, 7) is 5.19. The second kappa shape index (κ2) is 9.75. The lowest BCUT2D eigenvalue weighted by Crippen LogP contribution is -2.39. The third kappa shape index (κ3) is 5.39. The Morgan fingerprint density at radius 2 is 1.77 bits per heavy atom.